The molecule has 38 heavy (non-hydrogen) atoms. The summed E-state index contributed by atoms with van der Waals surface area (Å²) < 4.78 is 7.04. The van der Waals surface area contributed by atoms with Crippen molar-refractivity contribution in [2.24, 2.45) is 7.05 Å². The largest absolute Gasteiger partial charge is 0.383 e. The van der Waals surface area contributed by atoms with Crippen molar-refractivity contribution in [3.63, 3.8) is 0 Å². The summed E-state index contributed by atoms with van der Waals surface area (Å²) in [6.45, 7) is 5.24. The Labute approximate surface area is 222 Å². The van der Waals surface area contributed by atoms with Crippen LogP contribution in [0, 0.1) is 0 Å². The maximum Gasteiger partial charge on any atom is 0.252 e. The summed E-state index contributed by atoms with van der Waals surface area (Å²) in [6.07, 6.45) is 11.1. The summed E-state index contributed by atoms with van der Waals surface area (Å²) in [4.78, 5) is 24.5. The second kappa shape index (κ2) is 11.4. The number of dihydropyridines is 1. The molecule has 0 spiro atoms. The minimum Gasteiger partial charge on any atom is -0.383 e. The number of nitrogens with one attached hydrogen (secondary N) is 5. The molecule has 5 heterocycles. The van der Waals surface area contributed by atoms with Crippen molar-refractivity contribution in [2.75, 3.05) is 50.7 Å². The van der Waals surface area contributed by atoms with Crippen molar-refractivity contribution < 1.29 is 9.53 Å². The molecule has 1 amide bonds. The van der Waals surface area contributed by atoms with E-state index in [-0.39, 0.29) is 18.1 Å². The third-order valence-electron chi connectivity index (χ3n) is 7.09. The Kier molecular flexibility index (Phi) is 7.77. The Morgan fingerprint density at radius 3 is 2.95 bits per heavy atom. The molecular weight excluding hydrogens is 486 g/mol. The Hall–Kier alpha value is -3.68. The van der Waals surface area contributed by atoms with Gasteiger partial charge in [0, 0.05) is 64.6 Å². The van der Waals surface area contributed by atoms with E-state index >= 15 is 0 Å². The summed E-state index contributed by atoms with van der Waals surface area (Å²) in [6, 6.07) is 0.449. The zero-order valence-electron chi connectivity index (χ0n) is 22.4. The van der Waals surface area contributed by atoms with Crippen LogP contribution in [0.3, 0.4) is 0 Å². The van der Waals surface area contributed by atoms with Crippen LogP contribution in [0.15, 0.2) is 42.1 Å². The van der Waals surface area contributed by atoms with Gasteiger partial charge in [0.05, 0.1) is 35.7 Å². The van der Waals surface area contributed by atoms with Crippen molar-refractivity contribution in [3.8, 4) is 0 Å². The number of likely N-dealkylation sites (tertiary alicyclic amines) is 1. The van der Waals surface area contributed by atoms with Crippen molar-refractivity contribution in [1.82, 2.24) is 46.0 Å². The number of anilines is 3. The van der Waals surface area contributed by atoms with Crippen LogP contribution in [0.5, 0.6) is 0 Å². The highest BCUT2D eigenvalue weighted by Crippen LogP contribution is 2.30. The molecule has 13 nitrogen and oxygen atoms in total. The minimum atomic E-state index is -0.242. The summed E-state index contributed by atoms with van der Waals surface area (Å²) in [5.41, 5.74) is 6.58. The lowest BCUT2D eigenvalue weighted by atomic mass is 10.1. The Bertz CT molecular complexity index is 1210. The molecule has 0 aliphatic carbocycles. The number of fused-ring (bicyclic) bond motifs is 1. The molecule has 0 aromatic carbocycles. The number of carbonyl (C=O) groups is 1. The molecule has 3 aliphatic heterocycles. The van der Waals surface area contributed by atoms with Crippen molar-refractivity contribution in [3.05, 3.63) is 47.7 Å². The van der Waals surface area contributed by atoms with Gasteiger partial charge in [0.2, 0.25) is 5.95 Å². The maximum absolute atomic E-state index is 12.9. The van der Waals surface area contributed by atoms with Crippen LogP contribution < -0.4 is 31.7 Å². The number of aromatic nitrogens is 4. The van der Waals surface area contributed by atoms with Crippen LogP contribution in [0.4, 0.5) is 17.5 Å². The summed E-state index contributed by atoms with van der Waals surface area (Å²) in [5.74, 6) is 1.16. The molecular formula is C25H37N11O2. The molecule has 0 radical (unpaired) electrons. The van der Waals surface area contributed by atoms with Crippen LogP contribution in [-0.2, 0) is 16.6 Å². The molecule has 1 saturated heterocycles. The fourth-order valence-electron chi connectivity index (χ4n) is 5.05. The topological polar surface area (TPSA) is 137 Å². The summed E-state index contributed by atoms with van der Waals surface area (Å²) in [7, 11) is 5.51. The number of aryl methyl sites for hydroxylation is 1. The van der Waals surface area contributed by atoms with E-state index in [0.29, 0.717) is 24.1 Å². The molecule has 13 heteroatoms. The van der Waals surface area contributed by atoms with E-state index in [1.165, 1.54) is 6.42 Å². The van der Waals surface area contributed by atoms with Crippen molar-refractivity contribution >= 4 is 23.4 Å². The second-order valence-corrected chi connectivity index (χ2v) is 9.90. The Balaban J connectivity index is 1.20. The molecule has 2 aromatic heterocycles. The monoisotopic (exact) mass is 523 g/mol. The number of nitrogens with zero attached hydrogens (tertiary/aromatic N) is 6. The van der Waals surface area contributed by atoms with Crippen LogP contribution >= 0.6 is 0 Å². The highest BCUT2D eigenvalue weighted by molar-refractivity contribution is 5.96. The molecule has 3 aliphatic rings. The third-order valence-corrected chi connectivity index (χ3v) is 7.09. The number of rotatable bonds is 10. The van der Waals surface area contributed by atoms with Gasteiger partial charge >= 0.3 is 0 Å². The van der Waals surface area contributed by atoms with E-state index in [1.54, 1.807) is 30.4 Å². The van der Waals surface area contributed by atoms with Gasteiger partial charge in [0.25, 0.3) is 5.91 Å². The Morgan fingerprint density at radius 2 is 2.16 bits per heavy atom. The van der Waals surface area contributed by atoms with Gasteiger partial charge in [-0.2, -0.15) is 10.1 Å². The lowest BCUT2D eigenvalue weighted by Crippen LogP contribution is -2.43. The lowest BCUT2D eigenvalue weighted by molar-refractivity contribution is -0.117. The predicted molar refractivity (Wildman–Crippen MR) is 144 cm³/mol. The number of hydrogen-bond acceptors (Lipinski definition) is 11. The third kappa shape index (κ3) is 5.74. The first kappa shape index (κ1) is 25.9. The fourth-order valence-corrected chi connectivity index (χ4v) is 5.05. The molecule has 5 rings (SSSR count). The van der Waals surface area contributed by atoms with Gasteiger partial charge in [-0.25, -0.2) is 10.4 Å². The van der Waals surface area contributed by atoms with E-state index < -0.39 is 0 Å². The second-order valence-electron chi connectivity index (χ2n) is 9.90. The number of methoxy groups -OCH3 is 1. The van der Waals surface area contributed by atoms with Gasteiger partial charge in [0.15, 0.2) is 5.82 Å². The highest BCUT2D eigenvalue weighted by atomic mass is 16.5. The summed E-state index contributed by atoms with van der Waals surface area (Å²) in [5, 5.41) is 19.1. The molecule has 1 fully saturated rings. The molecule has 3 atom stereocenters. The summed E-state index contributed by atoms with van der Waals surface area (Å²) >= 11 is 0. The van der Waals surface area contributed by atoms with E-state index in [1.807, 2.05) is 38.3 Å². The van der Waals surface area contributed by atoms with Gasteiger partial charge in [-0.3, -0.25) is 19.4 Å². The Morgan fingerprint density at radius 1 is 1.29 bits per heavy atom. The van der Waals surface area contributed by atoms with Gasteiger partial charge in [-0.05, 0) is 32.4 Å². The average Bonchev–Trinajstić information content (AvgIpc) is 3.60. The first-order valence-electron chi connectivity index (χ1n) is 13.0. The number of hydrogen-bond donors (Lipinski definition) is 5. The zero-order chi connectivity index (χ0) is 26.6. The molecule has 0 saturated carbocycles. The lowest BCUT2D eigenvalue weighted by Gasteiger charge is -2.27. The molecule has 5 N–H and O–H groups in total. The van der Waals surface area contributed by atoms with Gasteiger partial charge < -0.3 is 26.0 Å². The van der Waals surface area contributed by atoms with Crippen molar-refractivity contribution in [2.45, 2.75) is 38.0 Å². The number of ether oxygens (including phenoxy) is 1. The smallest absolute Gasteiger partial charge is 0.252 e. The average molecular weight is 524 g/mol. The van der Waals surface area contributed by atoms with Crippen LogP contribution in [0.25, 0.3) is 0 Å². The van der Waals surface area contributed by atoms with Gasteiger partial charge in [-0.15, -0.1) is 0 Å². The number of hydrazine groups is 1. The highest BCUT2D eigenvalue weighted by Gasteiger charge is 2.30. The van der Waals surface area contributed by atoms with E-state index in [2.05, 4.69) is 46.7 Å². The fraction of sp³-hybridized carbons (Fsp3) is 0.520. The van der Waals surface area contributed by atoms with Crippen LogP contribution in [0.2, 0.25) is 0 Å². The first-order chi connectivity index (χ1) is 18.4. The minimum absolute atomic E-state index is 0.00884. The van der Waals surface area contributed by atoms with Crippen LogP contribution in [0.1, 0.15) is 31.5 Å². The molecule has 0 bridgehead atoms. The normalized spacial score (nSPS) is 22.9. The van der Waals surface area contributed by atoms with E-state index in [0.717, 1.165) is 48.9 Å². The van der Waals surface area contributed by atoms with Gasteiger partial charge in [-0.1, -0.05) is 0 Å². The van der Waals surface area contributed by atoms with E-state index in [9.17, 15) is 4.79 Å². The number of carbonyl (C=O) groups excluding carboxylic acids is 1. The first-order valence-corrected chi connectivity index (χ1v) is 13.0. The molecule has 204 valence electrons. The molecule has 3 unspecified atom stereocenters. The van der Waals surface area contributed by atoms with E-state index in [4.69, 9.17) is 4.74 Å². The molecule has 2 aromatic rings. The standard InChI is InChI=1S/C25H37N11O2/c1-16-21(10-17(11-27-16)24(37)26-7-9-36-8-5-6-19(36)15-38-4)31-22-20-13-28-25(32-23(20)35(3)33-22)30-18-12-29-34(2)14-18/h10-14,16,19,22,27,31,33H,5-9,15H2,1-4H3,(H,26,37)(H,28,30,32). The maximum atomic E-state index is 12.9. The van der Waals surface area contributed by atoms with Gasteiger partial charge in [0.1, 0.15) is 6.17 Å². The zero-order valence-corrected chi connectivity index (χ0v) is 22.4. The van der Waals surface area contributed by atoms with Crippen LogP contribution in [-0.4, -0.2) is 83.0 Å². The predicted octanol–water partition coefficient (Wildman–Crippen LogP) is 0.483. The van der Waals surface area contributed by atoms with Crippen molar-refractivity contribution in [1.29, 1.82) is 0 Å². The quantitative estimate of drug-likeness (QED) is 0.297. The number of amides is 1. The SMILES string of the molecule is COCC1CCCN1CCNC(=O)C1=CNC(C)C(NC2NN(C)c3nc(Nc4cnn(C)c4)ncc32)=C1.